The Balaban J connectivity index is 0.00000117. The third-order valence-electron chi connectivity index (χ3n) is 4.38. The van der Waals surface area contributed by atoms with E-state index in [9.17, 15) is 0 Å². The van der Waals surface area contributed by atoms with Gasteiger partial charge in [0.2, 0.25) is 6.54 Å². The second kappa shape index (κ2) is 9.30. The summed E-state index contributed by atoms with van der Waals surface area (Å²) < 4.78 is 30.4. The van der Waals surface area contributed by atoms with Crippen LogP contribution in [0.25, 0.3) is 16.0 Å². The van der Waals surface area contributed by atoms with Crippen LogP contribution in [0.15, 0.2) is 12.7 Å². The number of fused-ring (bicyclic) bond motifs is 2. The molecule has 0 bridgehead atoms. The van der Waals surface area contributed by atoms with Gasteiger partial charge in [-0.3, -0.25) is 4.57 Å². The summed E-state index contributed by atoms with van der Waals surface area (Å²) in [6.07, 6.45) is 0.958. The molecule has 2 aromatic rings. The second-order valence-electron chi connectivity index (χ2n) is 5.97. The Kier molecular flexibility index (Phi) is 7.00. The van der Waals surface area contributed by atoms with Gasteiger partial charge in [0.1, 0.15) is 30.7 Å². The fourth-order valence-corrected chi connectivity index (χ4v) is 4.64. The third-order valence-corrected chi connectivity index (χ3v) is 5.97. The molecule has 5 atom stereocenters. The molecule has 154 valence electrons. The second-order valence-corrected chi connectivity index (χ2v) is 7.78. The minimum Gasteiger partial charge on any atom is -0.382 e. The minimum atomic E-state index is -3.05. The molecule has 4 heterocycles. The van der Waals surface area contributed by atoms with Crippen molar-refractivity contribution in [1.82, 2.24) is 19.5 Å². The van der Waals surface area contributed by atoms with Gasteiger partial charge >= 0.3 is 15.4 Å². The zero-order chi connectivity index (χ0) is 21.0. The summed E-state index contributed by atoms with van der Waals surface area (Å²) >= 11 is 0. The predicted octanol–water partition coefficient (Wildman–Crippen LogP) is 1.54. The molecule has 2 aliphatic rings. The number of hydrogen-bond acceptors (Lipinski definition) is 9. The standard InChI is InChI=1S/C14H17BN6O5P.C2H6/c1-17-3-4-23-27(15)24-5-8-10(26-27)11(22-2)14(25-8)21-7-20-9-12(16)18-6-19-13(9)21;1-2/h6-8,10-11,14H,3-5H2,2H3,(H2,16,18,19);1-2H3/q+1;/t8-,10+,11?,14-,27?;/m1./s1. The summed E-state index contributed by atoms with van der Waals surface area (Å²) in [6, 6.07) is 0. The van der Waals surface area contributed by atoms with Crippen molar-refractivity contribution in [3.8, 4) is 0 Å². The molecule has 29 heavy (non-hydrogen) atoms. The van der Waals surface area contributed by atoms with E-state index in [0.29, 0.717) is 11.2 Å². The molecule has 11 nitrogen and oxygen atoms in total. The summed E-state index contributed by atoms with van der Waals surface area (Å²) in [6.45, 7) is 11.3. The van der Waals surface area contributed by atoms with Crippen LogP contribution in [0.2, 0.25) is 0 Å². The molecule has 2 N–H and O–H groups in total. The monoisotopic (exact) mass is 421 g/mol. The SMILES string of the molecule is CC.[B][P+]1(OCC[N+]#[C-])OC[C@H]2O[C@@H](n3cnc4c(N)ncnc43)C(OC)[C@H]2O1. The summed E-state index contributed by atoms with van der Waals surface area (Å²) in [7, 11) is 4.63. The van der Waals surface area contributed by atoms with Crippen molar-refractivity contribution < 1.29 is 23.0 Å². The van der Waals surface area contributed by atoms with Gasteiger partial charge in [-0.15, -0.1) is 0 Å². The first-order valence-electron chi connectivity index (χ1n) is 9.16. The molecule has 0 saturated carbocycles. The first kappa shape index (κ1) is 21.8. The van der Waals surface area contributed by atoms with E-state index in [2.05, 4.69) is 19.8 Å². The number of nitrogen functional groups attached to an aromatic ring is 1. The lowest BCUT2D eigenvalue weighted by Crippen LogP contribution is -2.42. The predicted molar refractivity (Wildman–Crippen MR) is 107 cm³/mol. The normalized spacial score (nSPS) is 31.0. The number of hydrogen-bond donors (Lipinski definition) is 1. The number of methoxy groups -OCH3 is 1. The number of aromatic nitrogens is 4. The van der Waals surface area contributed by atoms with Crippen LogP contribution < -0.4 is 5.73 Å². The lowest BCUT2D eigenvalue weighted by Gasteiger charge is -2.31. The van der Waals surface area contributed by atoms with E-state index < -0.39 is 32.4 Å². The molecule has 0 aromatic carbocycles. The Labute approximate surface area is 170 Å². The Morgan fingerprint density at radius 1 is 1.41 bits per heavy atom. The molecule has 2 saturated heterocycles. The Morgan fingerprint density at radius 3 is 2.93 bits per heavy atom. The van der Waals surface area contributed by atoms with Gasteiger partial charge in [-0.1, -0.05) is 13.8 Å². The lowest BCUT2D eigenvalue weighted by atomic mass is 10.1. The summed E-state index contributed by atoms with van der Waals surface area (Å²) in [4.78, 5) is 15.7. The maximum Gasteiger partial charge on any atom is 0.488 e. The quantitative estimate of drug-likeness (QED) is 0.332. The Bertz CT molecular complexity index is 881. The molecule has 0 aliphatic carbocycles. The first-order chi connectivity index (χ1) is 14.1. The van der Waals surface area contributed by atoms with Crippen LogP contribution in [0.5, 0.6) is 0 Å². The highest BCUT2D eigenvalue weighted by molar-refractivity contribution is 7.85. The van der Waals surface area contributed by atoms with Crippen molar-refractivity contribution in [2.24, 2.45) is 0 Å². The number of anilines is 1. The van der Waals surface area contributed by atoms with Gasteiger partial charge in [-0.25, -0.2) is 21.5 Å². The van der Waals surface area contributed by atoms with Crippen LogP contribution in [0.4, 0.5) is 5.82 Å². The third kappa shape index (κ3) is 4.21. The average Bonchev–Trinajstić information content (AvgIpc) is 3.31. The molecule has 0 amide bonds. The van der Waals surface area contributed by atoms with E-state index in [1.807, 2.05) is 13.8 Å². The fourth-order valence-electron chi connectivity index (χ4n) is 3.16. The summed E-state index contributed by atoms with van der Waals surface area (Å²) in [5, 5.41) is 0. The molecule has 2 aromatic heterocycles. The summed E-state index contributed by atoms with van der Waals surface area (Å²) in [5.41, 5.74) is 6.85. The smallest absolute Gasteiger partial charge is 0.382 e. The number of imidazole rings is 1. The molecular weight excluding hydrogens is 398 g/mol. The molecule has 2 aliphatic heterocycles. The number of rotatable bonds is 5. The highest BCUT2D eigenvalue weighted by Gasteiger charge is 2.59. The average molecular weight is 421 g/mol. The highest BCUT2D eigenvalue weighted by Crippen LogP contribution is 2.63. The maximum atomic E-state index is 6.82. The van der Waals surface area contributed by atoms with Crippen LogP contribution >= 0.6 is 7.82 Å². The van der Waals surface area contributed by atoms with Crippen molar-refractivity contribution >= 4 is 32.4 Å². The van der Waals surface area contributed by atoms with Crippen LogP contribution in [0.1, 0.15) is 20.1 Å². The van der Waals surface area contributed by atoms with E-state index in [1.54, 1.807) is 18.0 Å². The maximum absolute atomic E-state index is 6.82. The summed E-state index contributed by atoms with van der Waals surface area (Å²) in [5.74, 6) is 0.280. The van der Waals surface area contributed by atoms with Gasteiger partial charge in [0.05, 0.1) is 6.33 Å². The van der Waals surface area contributed by atoms with E-state index in [-0.39, 0.29) is 25.6 Å². The Morgan fingerprint density at radius 2 is 2.21 bits per heavy atom. The Hall–Kier alpha value is -1.87. The van der Waals surface area contributed by atoms with Crippen LogP contribution in [0, 0.1) is 6.57 Å². The van der Waals surface area contributed by atoms with E-state index in [4.69, 9.17) is 42.9 Å². The molecule has 4 rings (SSSR count). The zero-order valence-electron chi connectivity index (χ0n) is 16.5. The first-order valence-corrected chi connectivity index (χ1v) is 10.8. The largest absolute Gasteiger partial charge is 0.488 e. The molecule has 2 radical (unpaired) electrons. The van der Waals surface area contributed by atoms with E-state index >= 15 is 0 Å². The van der Waals surface area contributed by atoms with Gasteiger partial charge in [0.15, 0.2) is 30.4 Å². The zero-order valence-corrected chi connectivity index (χ0v) is 17.4. The van der Waals surface area contributed by atoms with E-state index in [0.717, 1.165) is 0 Å². The van der Waals surface area contributed by atoms with Crippen molar-refractivity contribution in [1.29, 1.82) is 0 Å². The molecular formula is C16H23BN6O5P+. The van der Waals surface area contributed by atoms with Crippen molar-refractivity contribution in [2.75, 3.05) is 32.6 Å². The highest BCUT2D eigenvalue weighted by atomic mass is 31.2. The van der Waals surface area contributed by atoms with Gasteiger partial charge in [0, 0.05) is 7.11 Å². The van der Waals surface area contributed by atoms with Gasteiger partial charge in [-0.05, 0) is 0 Å². The number of nitrogens with zero attached hydrogens (tertiary/aromatic N) is 5. The number of ether oxygens (including phenoxy) is 2. The number of nitrogens with two attached hydrogens (primary N) is 1. The van der Waals surface area contributed by atoms with Gasteiger partial charge in [-0.2, -0.15) is 13.6 Å². The van der Waals surface area contributed by atoms with Crippen molar-refractivity contribution in [2.45, 2.75) is 38.4 Å². The van der Waals surface area contributed by atoms with Crippen molar-refractivity contribution in [3.63, 3.8) is 0 Å². The van der Waals surface area contributed by atoms with Crippen molar-refractivity contribution in [3.05, 3.63) is 24.1 Å². The van der Waals surface area contributed by atoms with Crippen LogP contribution in [-0.4, -0.2) is 72.3 Å². The minimum absolute atomic E-state index is 0.134. The van der Waals surface area contributed by atoms with Gasteiger partial charge < -0.3 is 20.1 Å². The topological polar surface area (TPSA) is 120 Å². The fraction of sp³-hybridized carbons (Fsp3) is 0.625. The lowest BCUT2D eigenvalue weighted by molar-refractivity contribution is -0.0637. The van der Waals surface area contributed by atoms with E-state index in [1.165, 1.54) is 6.33 Å². The van der Waals surface area contributed by atoms with Gasteiger partial charge in [0.25, 0.3) is 0 Å². The van der Waals surface area contributed by atoms with Crippen LogP contribution in [0.3, 0.4) is 0 Å². The molecule has 2 unspecified atom stereocenters. The molecule has 2 fully saturated rings. The molecule has 0 spiro atoms. The molecule has 13 heteroatoms. The van der Waals surface area contributed by atoms with Crippen LogP contribution in [-0.2, 0) is 23.0 Å².